The van der Waals surface area contributed by atoms with E-state index in [4.69, 9.17) is 21.2 Å². The molecule has 7 nitrogen and oxygen atoms in total. The van der Waals surface area contributed by atoms with Gasteiger partial charge in [-0.25, -0.2) is 8.42 Å². The molecule has 6 aromatic carbocycles. The SMILES string of the molecule is Cc1ccc(-c2ccc(-c3ccccc3)cc2)nc1.O=S(=O)([O-])C(F)(F)F.[2H]C([2H])([2H])c1cccc2[n+]1C(C)(C)c1ccccc1-2.[2H]C([2H])([2H])c1cccc2[n+]1C1(c3cc(-c4ccccc4)ccc3-c3ccc(C)c[n+]31)c1ccccc1-2. The summed E-state index contributed by atoms with van der Waals surface area (Å²) in [4.78, 5) is 4.45. The van der Waals surface area contributed by atoms with Crippen molar-refractivity contribution >= 4 is 10.1 Å². The van der Waals surface area contributed by atoms with Gasteiger partial charge in [-0.1, -0.05) is 127 Å². The maximum atomic E-state index is 10.7. The Morgan fingerprint density at radius 1 is 0.500 bits per heavy atom. The number of benzene rings is 6. The summed E-state index contributed by atoms with van der Waals surface area (Å²) < 4.78 is 114. The number of nitrogens with zero attached hydrogens (tertiary/aromatic N) is 4. The number of alkyl halides is 3. The lowest BCUT2D eigenvalue weighted by Crippen LogP contribution is -2.72. The molecule has 0 aliphatic carbocycles. The van der Waals surface area contributed by atoms with Crippen LogP contribution in [0.4, 0.5) is 13.2 Å². The lowest BCUT2D eigenvalue weighted by Gasteiger charge is -2.19. The summed E-state index contributed by atoms with van der Waals surface area (Å²) in [6.45, 7) is 3.89. The Hall–Kier alpha value is -8.38. The predicted octanol–water partition coefficient (Wildman–Crippen LogP) is 13.6. The van der Waals surface area contributed by atoms with Crippen LogP contribution in [0, 0.1) is 27.6 Å². The van der Waals surface area contributed by atoms with Crippen molar-refractivity contribution in [3.05, 3.63) is 264 Å². The van der Waals surface area contributed by atoms with Gasteiger partial charge in [-0.2, -0.15) is 17.7 Å². The Bertz CT molecular complexity index is 4140. The van der Waals surface area contributed by atoms with E-state index in [1.807, 2.05) is 77.5 Å². The van der Waals surface area contributed by atoms with Gasteiger partial charge < -0.3 is 4.55 Å². The Balaban J connectivity index is 0.000000139. The zero-order valence-electron chi connectivity index (χ0n) is 47.9. The van der Waals surface area contributed by atoms with Crippen molar-refractivity contribution in [3.63, 3.8) is 0 Å². The van der Waals surface area contributed by atoms with E-state index in [0.717, 1.165) is 72.8 Å². The van der Waals surface area contributed by atoms with Crippen molar-refractivity contribution in [3.8, 4) is 67.3 Å². The summed E-state index contributed by atoms with van der Waals surface area (Å²) in [5.41, 5.74) is 12.7. The summed E-state index contributed by atoms with van der Waals surface area (Å²) in [7, 11) is -6.09. The summed E-state index contributed by atoms with van der Waals surface area (Å²) >= 11 is 0. The van der Waals surface area contributed by atoms with E-state index in [-0.39, 0.29) is 5.54 Å². The lowest BCUT2D eigenvalue weighted by atomic mass is 9.87. The molecular formula is C65H55F3N4O3S+2. The summed E-state index contributed by atoms with van der Waals surface area (Å²) in [6, 6.07) is 72.0. The number of fused-ring (bicyclic) bond motifs is 13. The van der Waals surface area contributed by atoms with Crippen molar-refractivity contribution in [2.24, 2.45) is 0 Å². The van der Waals surface area contributed by atoms with E-state index in [1.165, 1.54) is 22.3 Å². The summed E-state index contributed by atoms with van der Waals surface area (Å²) in [5.74, 6) is 0. The van der Waals surface area contributed by atoms with Gasteiger partial charge in [0.25, 0.3) is 0 Å². The maximum absolute atomic E-state index is 10.7. The van der Waals surface area contributed by atoms with E-state index >= 15 is 0 Å². The van der Waals surface area contributed by atoms with Gasteiger partial charge in [0, 0.05) is 89.0 Å². The molecule has 0 saturated heterocycles. The molecule has 13 rings (SSSR count). The summed E-state index contributed by atoms with van der Waals surface area (Å²) in [5, 5.41) is 0. The molecule has 4 aromatic heterocycles. The number of aryl methyl sites for hydroxylation is 4. The third kappa shape index (κ3) is 9.20. The first-order chi connectivity index (χ1) is 38.8. The molecule has 0 N–H and O–H groups in total. The van der Waals surface area contributed by atoms with Crippen LogP contribution >= 0.6 is 0 Å². The molecule has 7 heterocycles. The van der Waals surface area contributed by atoms with Crippen LogP contribution in [0.15, 0.2) is 225 Å². The van der Waals surface area contributed by atoms with Crippen LogP contribution in [0.1, 0.15) is 61.3 Å². The van der Waals surface area contributed by atoms with Crippen LogP contribution < -0.4 is 13.7 Å². The zero-order valence-corrected chi connectivity index (χ0v) is 42.7. The van der Waals surface area contributed by atoms with Gasteiger partial charge in [0.1, 0.15) is 11.1 Å². The lowest BCUT2D eigenvalue weighted by molar-refractivity contribution is -0.957. The van der Waals surface area contributed by atoms with Crippen LogP contribution in [0.5, 0.6) is 0 Å². The standard InChI is InChI=1S/C31H24N2.C18H15N.C15H16N.CHF3O3S/c1-21-15-18-29-26-17-16-24(23-10-4-3-5-11-23)19-28(26)31(32(29)20-21)27-13-7-6-12-25(27)30-14-8-9-22(2)33(30)31;1-14-7-12-18(19-13-14)17-10-8-16(9-11-17)15-5-3-2-4-6-15;1-11-7-6-10-14-12-8-4-5-9-13(12)15(2,3)16(11)14;2-1(3,4)8(5,6)7/h3-20H,1-2H3;2-13H,1H3;4-10H,1-3H3;(H,5,6,7)/q+2;;+1;/p-1/i2D3;;1D3;. The second kappa shape index (κ2) is 20.0. The van der Waals surface area contributed by atoms with Gasteiger partial charge in [0.15, 0.2) is 33.2 Å². The van der Waals surface area contributed by atoms with Crippen LogP contribution in [0.3, 0.4) is 0 Å². The predicted molar refractivity (Wildman–Crippen MR) is 291 cm³/mol. The van der Waals surface area contributed by atoms with Crippen molar-refractivity contribution in [2.45, 2.75) is 58.1 Å². The molecule has 0 amide bonds. The Kier molecular flexibility index (Phi) is 11.6. The van der Waals surface area contributed by atoms with Gasteiger partial charge in [0.2, 0.25) is 17.1 Å². The highest BCUT2D eigenvalue weighted by Gasteiger charge is 2.67. The number of rotatable bonds is 3. The van der Waals surface area contributed by atoms with Gasteiger partial charge in [-0.15, -0.1) is 9.13 Å². The topological polar surface area (TPSA) is 81.7 Å². The molecular weight excluding hydrogens is 974 g/mol. The van der Waals surface area contributed by atoms with Crippen molar-refractivity contribution in [2.75, 3.05) is 0 Å². The highest BCUT2D eigenvalue weighted by molar-refractivity contribution is 7.86. The van der Waals surface area contributed by atoms with Gasteiger partial charge in [-0.05, 0) is 96.3 Å². The fourth-order valence-corrected chi connectivity index (χ4v) is 10.6. The van der Waals surface area contributed by atoms with Crippen LogP contribution in [-0.2, 0) is 21.3 Å². The fraction of sp³-hybridized carbons (Fsp3) is 0.138. The minimum atomic E-state index is -6.09. The Morgan fingerprint density at radius 3 is 1.58 bits per heavy atom. The molecule has 0 bridgehead atoms. The molecule has 1 unspecified atom stereocenters. The quantitative estimate of drug-likeness (QED) is 0.100. The number of hydrogen-bond acceptors (Lipinski definition) is 4. The van der Waals surface area contributed by atoms with Gasteiger partial charge in [-0.3, -0.25) is 4.98 Å². The highest BCUT2D eigenvalue weighted by atomic mass is 32.2. The molecule has 11 heteroatoms. The first-order valence-electron chi connectivity index (χ1n) is 27.5. The number of pyridine rings is 4. The third-order valence-electron chi connectivity index (χ3n) is 14.0. The average Bonchev–Trinajstić information content (AvgIpc) is 1.83. The zero-order chi connectivity index (χ0) is 58.6. The molecule has 3 aliphatic rings. The van der Waals surface area contributed by atoms with Crippen molar-refractivity contribution < 1.29 is 48.1 Å². The Labute approximate surface area is 450 Å². The van der Waals surface area contributed by atoms with E-state index in [0.29, 0.717) is 11.4 Å². The van der Waals surface area contributed by atoms with Gasteiger partial charge in [0.05, 0.1) is 22.4 Å². The largest absolute Gasteiger partial charge is 0.741 e. The summed E-state index contributed by atoms with van der Waals surface area (Å²) in [6.07, 6.45) is 4.06. The van der Waals surface area contributed by atoms with Crippen LogP contribution in [0.2, 0.25) is 0 Å². The molecule has 0 fully saturated rings. The maximum Gasteiger partial charge on any atom is 0.485 e. The second-order valence-corrected chi connectivity index (χ2v) is 20.6. The molecule has 3 aliphatic heterocycles. The van der Waals surface area contributed by atoms with Gasteiger partial charge >= 0.3 is 11.2 Å². The monoisotopic (exact) mass is 1030 g/mol. The second-order valence-electron chi connectivity index (χ2n) is 19.2. The molecule has 1 atom stereocenters. The Morgan fingerprint density at radius 2 is 0.987 bits per heavy atom. The molecule has 1 spiro atoms. The third-order valence-corrected chi connectivity index (χ3v) is 14.6. The minimum absolute atomic E-state index is 0.328. The van der Waals surface area contributed by atoms with E-state index in [1.54, 1.807) is 12.1 Å². The molecule has 0 saturated carbocycles. The smallest absolute Gasteiger partial charge is 0.485 e. The first-order valence-corrected chi connectivity index (χ1v) is 25.9. The minimum Gasteiger partial charge on any atom is -0.741 e. The molecule has 76 heavy (non-hydrogen) atoms. The average molecular weight is 1040 g/mol. The number of halogens is 3. The first kappa shape index (κ1) is 44.0. The normalized spacial score (nSPS) is 16.2. The fourth-order valence-electron chi connectivity index (χ4n) is 10.6. The number of aromatic nitrogens is 4. The van der Waals surface area contributed by atoms with Crippen LogP contribution in [0.25, 0.3) is 67.3 Å². The molecule has 10 aromatic rings. The molecule has 378 valence electrons. The number of hydrogen-bond donors (Lipinski definition) is 0. The molecule has 0 radical (unpaired) electrons. The van der Waals surface area contributed by atoms with E-state index in [9.17, 15) is 13.2 Å². The van der Waals surface area contributed by atoms with E-state index < -0.39 is 35.0 Å². The van der Waals surface area contributed by atoms with Crippen molar-refractivity contribution in [1.29, 1.82) is 0 Å². The van der Waals surface area contributed by atoms with Crippen molar-refractivity contribution in [1.82, 2.24) is 4.98 Å². The van der Waals surface area contributed by atoms with Crippen LogP contribution in [-0.4, -0.2) is 23.5 Å². The highest BCUT2D eigenvalue weighted by Crippen LogP contribution is 2.48. The van der Waals surface area contributed by atoms with E-state index in [2.05, 4.69) is 181 Å².